The number of benzene rings is 1. The van der Waals surface area contributed by atoms with Crippen LogP contribution in [0.2, 0.25) is 0 Å². The highest BCUT2D eigenvalue weighted by atomic mass is 14.0. The van der Waals surface area contributed by atoms with Gasteiger partial charge in [0, 0.05) is 12.0 Å². The molecule has 0 heteroatoms. The van der Waals surface area contributed by atoms with E-state index in [9.17, 15) is 0 Å². The summed E-state index contributed by atoms with van der Waals surface area (Å²) >= 11 is 0. The summed E-state index contributed by atoms with van der Waals surface area (Å²) < 4.78 is 0. The zero-order valence-corrected chi connectivity index (χ0v) is 10.3. The van der Waals surface area contributed by atoms with Crippen molar-refractivity contribution in [1.29, 1.82) is 0 Å². The van der Waals surface area contributed by atoms with E-state index in [0.717, 1.165) is 6.42 Å². The molecule has 1 aromatic carbocycles. The minimum Gasteiger partial charge on any atom is -0.0979 e. The number of hydrogen-bond donors (Lipinski definition) is 0. The number of rotatable bonds is 2. The molecule has 0 aliphatic rings. The van der Waals surface area contributed by atoms with E-state index in [1.807, 2.05) is 0 Å². The Bertz CT molecular complexity index is 365. The summed E-state index contributed by atoms with van der Waals surface area (Å²) in [4.78, 5) is 0. The predicted molar refractivity (Wildman–Crippen MR) is 67.1 cm³/mol. The van der Waals surface area contributed by atoms with Crippen LogP contribution in [0.15, 0.2) is 12.1 Å². The van der Waals surface area contributed by atoms with E-state index in [2.05, 4.69) is 51.7 Å². The van der Waals surface area contributed by atoms with Crippen LogP contribution in [0.25, 0.3) is 0 Å². The van der Waals surface area contributed by atoms with Gasteiger partial charge in [-0.25, -0.2) is 0 Å². The van der Waals surface area contributed by atoms with Crippen molar-refractivity contribution in [2.45, 2.75) is 47.0 Å². The lowest BCUT2D eigenvalue weighted by Gasteiger charge is -2.04. The molecule has 0 spiro atoms. The van der Waals surface area contributed by atoms with Crippen molar-refractivity contribution >= 4 is 0 Å². The molecule has 0 bridgehead atoms. The molecule has 0 unspecified atom stereocenters. The Balaban J connectivity index is 2.88. The highest BCUT2D eigenvalue weighted by molar-refractivity contribution is 5.48. The zero-order chi connectivity index (χ0) is 11.3. The molecule has 0 radical (unpaired) electrons. The van der Waals surface area contributed by atoms with Gasteiger partial charge in [-0.2, -0.15) is 0 Å². The molecule has 0 saturated carbocycles. The van der Waals surface area contributed by atoms with Crippen molar-refractivity contribution in [2.75, 3.05) is 0 Å². The van der Waals surface area contributed by atoms with Crippen LogP contribution in [-0.4, -0.2) is 0 Å². The average molecular weight is 200 g/mol. The number of unbranched alkanes of at least 4 members (excludes halogenated alkanes) is 2. The normalized spacial score (nSPS) is 9.60. The second-order valence-corrected chi connectivity index (χ2v) is 4.18. The third kappa shape index (κ3) is 3.44. The molecule has 1 rings (SSSR count). The van der Waals surface area contributed by atoms with E-state index in [-0.39, 0.29) is 0 Å². The molecule has 15 heavy (non-hydrogen) atoms. The summed E-state index contributed by atoms with van der Waals surface area (Å²) in [5, 5.41) is 0. The standard InChI is InChI=1S/C15H20/c1-5-6-7-8-9-15-13(3)10-12(2)11-14(15)4/h10-11H,5-7H2,1-4H3. The van der Waals surface area contributed by atoms with E-state index in [4.69, 9.17) is 0 Å². The van der Waals surface area contributed by atoms with Gasteiger partial charge >= 0.3 is 0 Å². The Labute approximate surface area is 93.7 Å². The monoisotopic (exact) mass is 200 g/mol. The van der Waals surface area contributed by atoms with Crippen LogP contribution in [0.4, 0.5) is 0 Å². The molecule has 0 nitrogen and oxygen atoms in total. The average Bonchev–Trinajstić information content (AvgIpc) is 2.15. The minimum absolute atomic E-state index is 1.02. The number of hydrogen-bond acceptors (Lipinski definition) is 0. The molecule has 0 atom stereocenters. The lowest BCUT2D eigenvalue weighted by Crippen LogP contribution is -1.89. The molecule has 0 aliphatic carbocycles. The second-order valence-electron chi connectivity index (χ2n) is 4.18. The van der Waals surface area contributed by atoms with Crippen LogP contribution >= 0.6 is 0 Å². The van der Waals surface area contributed by atoms with Gasteiger partial charge in [0.25, 0.3) is 0 Å². The summed E-state index contributed by atoms with van der Waals surface area (Å²) in [5.41, 5.74) is 5.15. The van der Waals surface area contributed by atoms with E-state index in [0.29, 0.717) is 0 Å². The van der Waals surface area contributed by atoms with Crippen molar-refractivity contribution in [3.8, 4) is 11.8 Å². The lowest BCUT2D eigenvalue weighted by atomic mass is 10.00. The minimum atomic E-state index is 1.02. The first kappa shape index (κ1) is 11.9. The van der Waals surface area contributed by atoms with Gasteiger partial charge in [-0.15, -0.1) is 0 Å². The van der Waals surface area contributed by atoms with Gasteiger partial charge in [0.15, 0.2) is 0 Å². The van der Waals surface area contributed by atoms with E-state index in [1.165, 1.54) is 35.1 Å². The fourth-order valence-electron chi connectivity index (χ4n) is 1.79. The molecule has 0 N–H and O–H groups in total. The van der Waals surface area contributed by atoms with Crippen molar-refractivity contribution in [1.82, 2.24) is 0 Å². The van der Waals surface area contributed by atoms with Gasteiger partial charge in [0.1, 0.15) is 0 Å². The fraction of sp³-hybridized carbons (Fsp3) is 0.467. The SMILES string of the molecule is CCCCC#Cc1c(C)cc(C)cc1C. The van der Waals surface area contributed by atoms with Crippen molar-refractivity contribution < 1.29 is 0 Å². The topological polar surface area (TPSA) is 0 Å². The van der Waals surface area contributed by atoms with Gasteiger partial charge in [-0.1, -0.05) is 42.9 Å². The van der Waals surface area contributed by atoms with Crippen molar-refractivity contribution in [2.24, 2.45) is 0 Å². The number of aryl methyl sites for hydroxylation is 3. The lowest BCUT2D eigenvalue weighted by molar-refractivity contribution is 0.828. The van der Waals surface area contributed by atoms with Gasteiger partial charge in [0.05, 0.1) is 0 Å². The Kier molecular flexibility index (Phi) is 4.43. The van der Waals surface area contributed by atoms with Crippen LogP contribution in [0, 0.1) is 32.6 Å². The maximum atomic E-state index is 3.29. The second kappa shape index (κ2) is 5.61. The summed E-state index contributed by atoms with van der Waals surface area (Å²) in [6, 6.07) is 4.41. The van der Waals surface area contributed by atoms with Gasteiger partial charge < -0.3 is 0 Å². The summed E-state index contributed by atoms with van der Waals surface area (Å²) in [6.45, 7) is 8.62. The molecule has 80 valence electrons. The smallest absolute Gasteiger partial charge is 0.0303 e. The van der Waals surface area contributed by atoms with Crippen LogP contribution in [0.1, 0.15) is 48.4 Å². The van der Waals surface area contributed by atoms with E-state index < -0.39 is 0 Å². The highest BCUT2D eigenvalue weighted by Gasteiger charge is 1.99. The predicted octanol–water partition coefficient (Wildman–Crippen LogP) is 4.15. The molecule has 0 aliphatic heterocycles. The summed E-state index contributed by atoms with van der Waals surface area (Å²) in [5.74, 6) is 6.55. The maximum Gasteiger partial charge on any atom is 0.0303 e. The molecular weight excluding hydrogens is 180 g/mol. The van der Waals surface area contributed by atoms with Crippen molar-refractivity contribution in [3.05, 3.63) is 34.4 Å². The highest BCUT2D eigenvalue weighted by Crippen LogP contribution is 2.14. The van der Waals surface area contributed by atoms with Gasteiger partial charge in [0.2, 0.25) is 0 Å². The Morgan fingerprint density at radius 2 is 1.67 bits per heavy atom. The van der Waals surface area contributed by atoms with Crippen LogP contribution in [0.3, 0.4) is 0 Å². The molecule has 0 saturated heterocycles. The Hall–Kier alpha value is -1.22. The van der Waals surface area contributed by atoms with Crippen LogP contribution in [-0.2, 0) is 0 Å². The first-order valence-electron chi connectivity index (χ1n) is 5.72. The summed E-state index contributed by atoms with van der Waals surface area (Å²) in [6.07, 6.45) is 3.45. The van der Waals surface area contributed by atoms with E-state index >= 15 is 0 Å². The largest absolute Gasteiger partial charge is 0.0979 e. The molecule has 1 aromatic rings. The van der Waals surface area contributed by atoms with Crippen LogP contribution in [0.5, 0.6) is 0 Å². The Morgan fingerprint density at radius 3 is 2.20 bits per heavy atom. The van der Waals surface area contributed by atoms with Crippen molar-refractivity contribution in [3.63, 3.8) is 0 Å². The first-order valence-corrected chi connectivity index (χ1v) is 5.72. The van der Waals surface area contributed by atoms with Crippen LogP contribution < -0.4 is 0 Å². The molecule has 0 amide bonds. The van der Waals surface area contributed by atoms with E-state index in [1.54, 1.807) is 0 Å². The third-order valence-electron chi connectivity index (χ3n) is 2.55. The molecular formula is C15H20. The molecule has 0 fully saturated rings. The third-order valence-corrected chi connectivity index (χ3v) is 2.55. The first-order chi connectivity index (χ1) is 7.15. The molecule has 0 heterocycles. The fourth-order valence-corrected chi connectivity index (χ4v) is 1.79. The maximum absolute atomic E-state index is 3.29. The zero-order valence-electron chi connectivity index (χ0n) is 10.3. The molecule has 0 aromatic heterocycles. The Morgan fingerprint density at radius 1 is 1.07 bits per heavy atom. The van der Waals surface area contributed by atoms with Gasteiger partial charge in [-0.3, -0.25) is 0 Å². The quantitative estimate of drug-likeness (QED) is 0.497. The van der Waals surface area contributed by atoms with Gasteiger partial charge in [-0.05, 0) is 38.3 Å². The summed E-state index contributed by atoms with van der Waals surface area (Å²) in [7, 11) is 0.